The molecule has 122 valence electrons. The number of rotatable bonds is 7. The molecule has 0 amide bonds. The first-order valence-electron chi connectivity index (χ1n) is 7.06. The number of hydrogen-bond donors (Lipinski definition) is 1. The molecule has 0 spiro atoms. The lowest BCUT2D eigenvalue weighted by molar-refractivity contribution is -0.137. The van der Waals surface area contributed by atoms with E-state index in [1.807, 2.05) is 13.8 Å². The van der Waals surface area contributed by atoms with Gasteiger partial charge in [-0.05, 0) is 39.7 Å². The van der Waals surface area contributed by atoms with E-state index in [1.54, 1.807) is 0 Å². The summed E-state index contributed by atoms with van der Waals surface area (Å²) in [5.41, 5.74) is 7.56. The molecule has 0 fully saturated rings. The Bertz CT molecular complexity index is 368. The number of allylic oxidation sites excluding steroid dienone is 1. The van der Waals surface area contributed by atoms with Gasteiger partial charge in [-0.2, -0.15) is 0 Å². The van der Waals surface area contributed by atoms with Crippen LogP contribution in [0.1, 0.15) is 46.5 Å². The number of hydrogen-bond acceptors (Lipinski definition) is 5. The average molecular weight is 299 g/mol. The zero-order valence-electron chi connectivity index (χ0n) is 14.0. The number of carbonyl (C=O) groups is 2. The van der Waals surface area contributed by atoms with Crippen molar-refractivity contribution in [1.29, 1.82) is 0 Å². The van der Waals surface area contributed by atoms with Crippen molar-refractivity contribution in [1.82, 2.24) is 0 Å². The van der Waals surface area contributed by atoms with Gasteiger partial charge in [0, 0.05) is 11.1 Å². The van der Waals surface area contributed by atoms with Crippen LogP contribution in [0.3, 0.4) is 0 Å². The van der Waals surface area contributed by atoms with Crippen molar-refractivity contribution >= 4 is 11.9 Å². The smallest absolute Gasteiger partial charge is 0.333 e. The van der Waals surface area contributed by atoms with E-state index in [9.17, 15) is 9.59 Å². The Morgan fingerprint density at radius 2 is 1.57 bits per heavy atom. The summed E-state index contributed by atoms with van der Waals surface area (Å²) in [6.45, 7) is 9.90. The molecule has 21 heavy (non-hydrogen) atoms. The summed E-state index contributed by atoms with van der Waals surface area (Å²) in [5, 5.41) is 0. The zero-order valence-corrected chi connectivity index (χ0v) is 14.0. The van der Waals surface area contributed by atoms with Gasteiger partial charge in [0.25, 0.3) is 0 Å². The summed E-state index contributed by atoms with van der Waals surface area (Å²) < 4.78 is 9.04. The topological polar surface area (TPSA) is 78.6 Å². The molecule has 5 heteroatoms. The highest BCUT2D eigenvalue weighted by molar-refractivity contribution is 5.89. The first-order chi connectivity index (χ1) is 9.85. The van der Waals surface area contributed by atoms with Gasteiger partial charge in [-0.1, -0.05) is 25.5 Å². The van der Waals surface area contributed by atoms with E-state index in [4.69, 9.17) is 5.73 Å². The van der Waals surface area contributed by atoms with Crippen LogP contribution in [0.15, 0.2) is 23.3 Å². The maximum Gasteiger partial charge on any atom is 0.333 e. The average Bonchev–Trinajstić information content (AvgIpc) is 2.48. The number of ether oxygens (including phenoxy) is 2. The molecular weight excluding hydrogens is 270 g/mol. The third-order valence-corrected chi connectivity index (χ3v) is 2.74. The lowest BCUT2D eigenvalue weighted by Gasteiger charge is -2.04. The van der Waals surface area contributed by atoms with Gasteiger partial charge >= 0.3 is 11.9 Å². The lowest BCUT2D eigenvalue weighted by Crippen LogP contribution is -2.11. The Morgan fingerprint density at radius 3 is 1.90 bits per heavy atom. The number of nitrogens with two attached hydrogens (primary N) is 1. The van der Waals surface area contributed by atoms with Crippen molar-refractivity contribution in [3.63, 3.8) is 0 Å². The van der Waals surface area contributed by atoms with Crippen LogP contribution in [0, 0.1) is 0 Å². The Balaban J connectivity index is 0. The van der Waals surface area contributed by atoms with E-state index in [1.165, 1.54) is 14.2 Å². The molecule has 0 saturated heterocycles. The van der Waals surface area contributed by atoms with Gasteiger partial charge in [-0.25, -0.2) is 9.59 Å². The summed E-state index contributed by atoms with van der Waals surface area (Å²) in [5.74, 6) is -0.552. The summed E-state index contributed by atoms with van der Waals surface area (Å²) in [6, 6.07) is 0. The van der Waals surface area contributed by atoms with Gasteiger partial charge in [0.05, 0.1) is 14.2 Å². The maximum atomic E-state index is 11.0. The summed E-state index contributed by atoms with van der Waals surface area (Å²) in [7, 11) is 2.75. The minimum absolute atomic E-state index is 0.268. The second-order valence-corrected chi connectivity index (χ2v) is 4.71. The van der Waals surface area contributed by atoms with Gasteiger partial charge in [-0.15, -0.1) is 0 Å². The summed E-state index contributed by atoms with van der Waals surface area (Å²) in [4.78, 5) is 21.7. The fourth-order valence-electron chi connectivity index (χ4n) is 1.46. The summed E-state index contributed by atoms with van der Waals surface area (Å²) >= 11 is 0. The molecule has 0 unspecified atom stereocenters. The predicted molar refractivity (Wildman–Crippen MR) is 84.7 cm³/mol. The van der Waals surface area contributed by atoms with Crippen LogP contribution in [0.25, 0.3) is 0 Å². The monoisotopic (exact) mass is 299 g/mol. The fraction of sp³-hybridized carbons (Fsp3) is 0.625. The summed E-state index contributed by atoms with van der Waals surface area (Å²) in [6.07, 6.45) is 3.43. The maximum absolute atomic E-state index is 11.0. The number of unbranched alkanes of at least 4 members (excludes halogenated alkanes) is 1. The third-order valence-electron chi connectivity index (χ3n) is 2.74. The molecule has 0 aliphatic carbocycles. The van der Waals surface area contributed by atoms with Crippen LogP contribution in [0.5, 0.6) is 0 Å². The molecule has 0 radical (unpaired) electrons. The van der Waals surface area contributed by atoms with Crippen molar-refractivity contribution in [2.24, 2.45) is 5.73 Å². The van der Waals surface area contributed by atoms with Crippen LogP contribution in [-0.2, 0) is 19.1 Å². The number of esters is 2. The van der Waals surface area contributed by atoms with E-state index in [2.05, 4.69) is 23.0 Å². The molecule has 0 aliphatic heterocycles. The molecular formula is C16H29NO4. The molecule has 0 aromatic rings. The lowest BCUT2D eigenvalue weighted by atomic mass is 10.1. The van der Waals surface area contributed by atoms with Gasteiger partial charge in [0.15, 0.2) is 0 Å². The highest BCUT2D eigenvalue weighted by Gasteiger charge is 2.09. The van der Waals surface area contributed by atoms with E-state index in [0.29, 0.717) is 24.1 Å². The Kier molecular flexibility index (Phi) is 13.8. The van der Waals surface area contributed by atoms with E-state index in [0.717, 1.165) is 24.8 Å². The van der Waals surface area contributed by atoms with Crippen molar-refractivity contribution in [3.05, 3.63) is 23.3 Å². The largest absolute Gasteiger partial charge is 0.466 e. The molecule has 0 heterocycles. The first kappa shape index (κ1) is 21.7. The van der Waals surface area contributed by atoms with Crippen molar-refractivity contribution in [3.8, 4) is 0 Å². The van der Waals surface area contributed by atoms with Gasteiger partial charge in [0.2, 0.25) is 0 Å². The van der Waals surface area contributed by atoms with E-state index >= 15 is 0 Å². The normalized spacial score (nSPS) is 9.05. The second kappa shape index (κ2) is 13.4. The highest BCUT2D eigenvalue weighted by atomic mass is 16.5. The number of carbonyl (C=O) groups excluding carboxylic acids is 2. The zero-order chi connectivity index (χ0) is 16.8. The SMILES string of the molecule is C=C(CCCC)C(=O)OC.COC(=O)C(CCN)=C(C)C. The minimum Gasteiger partial charge on any atom is -0.466 e. The van der Waals surface area contributed by atoms with Gasteiger partial charge < -0.3 is 15.2 Å². The fourth-order valence-corrected chi connectivity index (χ4v) is 1.46. The van der Waals surface area contributed by atoms with Gasteiger partial charge in [-0.3, -0.25) is 0 Å². The first-order valence-corrected chi connectivity index (χ1v) is 7.06. The Labute approximate surface area is 128 Å². The number of methoxy groups -OCH3 is 2. The predicted octanol–water partition coefficient (Wildman–Crippen LogP) is 2.75. The molecule has 0 aromatic carbocycles. The van der Waals surface area contributed by atoms with Crippen LogP contribution in [0.4, 0.5) is 0 Å². The van der Waals surface area contributed by atoms with Crippen LogP contribution >= 0.6 is 0 Å². The third kappa shape index (κ3) is 10.8. The van der Waals surface area contributed by atoms with E-state index in [-0.39, 0.29) is 11.9 Å². The van der Waals surface area contributed by atoms with Crippen LogP contribution in [0.2, 0.25) is 0 Å². The Hall–Kier alpha value is -1.62. The molecule has 0 aromatic heterocycles. The molecule has 0 aliphatic rings. The van der Waals surface area contributed by atoms with Crippen molar-refractivity contribution in [2.45, 2.75) is 46.5 Å². The van der Waals surface area contributed by atoms with Crippen LogP contribution in [-0.4, -0.2) is 32.7 Å². The van der Waals surface area contributed by atoms with Gasteiger partial charge in [0.1, 0.15) is 0 Å². The van der Waals surface area contributed by atoms with Crippen LogP contribution < -0.4 is 5.73 Å². The van der Waals surface area contributed by atoms with Crippen molar-refractivity contribution < 1.29 is 19.1 Å². The second-order valence-electron chi connectivity index (χ2n) is 4.71. The molecule has 5 nitrogen and oxygen atoms in total. The minimum atomic E-state index is -0.284. The molecule has 0 rings (SSSR count). The Morgan fingerprint density at radius 1 is 1.05 bits per heavy atom. The van der Waals surface area contributed by atoms with Crippen molar-refractivity contribution in [2.75, 3.05) is 20.8 Å². The highest BCUT2D eigenvalue weighted by Crippen LogP contribution is 2.08. The molecule has 0 saturated carbocycles. The molecule has 0 bridgehead atoms. The molecule has 2 N–H and O–H groups in total. The standard InChI is InChI=1S/C8H15NO2.C8H14O2/c1-6(2)7(4-5-9)8(10)11-3;1-4-5-6-7(2)8(9)10-3/h4-5,9H2,1-3H3;2,4-6H2,1,3H3. The molecule has 0 atom stereocenters. The quantitative estimate of drug-likeness (QED) is 0.577. The van der Waals surface area contributed by atoms with E-state index < -0.39 is 0 Å².